The van der Waals surface area contributed by atoms with E-state index >= 15 is 0 Å². The predicted octanol–water partition coefficient (Wildman–Crippen LogP) is 2.76. The van der Waals surface area contributed by atoms with Crippen LogP contribution in [0.5, 0.6) is 0 Å². The highest BCUT2D eigenvalue weighted by Gasteiger charge is 2.20. The smallest absolute Gasteiger partial charge is 0.0575 e. The first-order valence-electron chi connectivity index (χ1n) is 4.96. The van der Waals surface area contributed by atoms with Gasteiger partial charge in [-0.05, 0) is 36.9 Å². The molecular weight excluding hydrogens is 168 g/mol. The first kappa shape index (κ1) is 10.4. The van der Waals surface area contributed by atoms with Crippen molar-refractivity contribution in [3.05, 3.63) is 0 Å². The minimum atomic E-state index is 0.575. The van der Waals surface area contributed by atoms with E-state index in [1.807, 2.05) is 0 Å². The summed E-state index contributed by atoms with van der Waals surface area (Å²) in [6.07, 6.45) is 4.48. The molecule has 1 unspecified atom stereocenters. The number of hydrogen-bond donors (Lipinski definition) is 1. The van der Waals surface area contributed by atoms with E-state index in [4.69, 9.17) is 4.74 Å². The second-order valence-corrected chi connectivity index (χ2v) is 4.44. The number of thiol groups is 1. The zero-order valence-electron chi connectivity index (χ0n) is 8.12. The summed E-state index contributed by atoms with van der Waals surface area (Å²) in [5, 5.41) is 0. The van der Waals surface area contributed by atoms with Gasteiger partial charge >= 0.3 is 0 Å². The lowest BCUT2D eigenvalue weighted by atomic mass is 9.95. The van der Waals surface area contributed by atoms with Crippen molar-refractivity contribution in [3.8, 4) is 0 Å². The summed E-state index contributed by atoms with van der Waals surface area (Å²) in [7, 11) is 0. The van der Waals surface area contributed by atoms with Gasteiger partial charge in [0.1, 0.15) is 0 Å². The molecule has 0 radical (unpaired) electrons. The molecule has 0 aliphatic heterocycles. The Bertz CT molecular complexity index is 121. The summed E-state index contributed by atoms with van der Waals surface area (Å²) in [5.41, 5.74) is 0. The summed E-state index contributed by atoms with van der Waals surface area (Å²) in [6, 6.07) is 0. The summed E-state index contributed by atoms with van der Waals surface area (Å²) in [5.74, 6) is 2.28. The van der Waals surface area contributed by atoms with Gasteiger partial charge < -0.3 is 4.74 Å². The lowest BCUT2D eigenvalue weighted by Gasteiger charge is -2.28. The third-order valence-electron chi connectivity index (χ3n) is 2.78. The fraction of sp³-hybridized carbons (Fsp3) is 1.00. The number of ether oxygens (including phenoxy) is 1. The van der Waals surface area contributed by atoms with Crippen LogP contribution in [-0.4, -0.2) is 18.5 Å². The third kappa shape index (κ3) is 2.98. The summed E-state index contributed by atoms with van der Waals surface area (Å²) < 4.78 is 5.74. The van der Waals surface area contributed by atoms with Gasteiger partial charge in [0.25, 0.3) is 0 Å². The molecule has 0 saturated heterocycles. The van der Waals surface area contributed by atoms with Crippen LogP contribution in [0, 0.1) is 11.8 Å². The first-order chi connectivity index (χ1) is 5.74. The van der Waals surface area contributed by atoms with Crippen LogP contribution in [0.3, 0.4) is 0 Å². The number of rotatable bonds is 5. The van der Waals surface area contributed by atoms with E-state index in [2.05, 4.69) is 26.5 Å². The van der Waals surface area contributed by atoms with Crippen molar-refractivity contribution in [1.82, 2.24) is 0 Å². The molecule has 0 heterocycles. The average Bonchev–Trinajstić information content (AvgIpc) is 1.93. The fourth-order valence-corrected chi connectivity index (χ4v) is 1.78. The van der Waals surface area contributed by atoms with Crippen LogP contribution >= 0.6 is 12.6 Å². The predicted molar refractivity (Wildman–Crippen MR) is 55.8 cm³/mol. The molecular formula is C10H20OS. The van der Waals surface area contributed by atoms with Gasteiger partial charge in [0, 0.05) is 0 Å². The van der Waals surface area contributed by atoms with Crippen LogP contribution in [0.1, 0.15) is 33.1 Å². The van der Waals surface area contributed by atoms with E-state index in [0.29, 0.717) is 17.9 Å². The largest absolute Gasteiger partial charge is 0.378 e. The van der Waals surface area contributed by atoms with Crippen LogP contribution in [0.25, 0.3) is 0 Å². The SMILES string of the molecule is CC(C)C(CS)COC1CCC1. The molecule has 0 amide bonds. The van der Waals surface area contributed by atoms with Gasteiger partial charge in [-0.1, -0.05) is 13.8 Å². The standard InChI is InChI=1S/C10H20OS/c1-8(2)9(7-12)6-11-10-4-3-5-10/h8-10,12H,3-7H2,1-2H3. The van der Waals surface area contributed by atoms with Crippen LogP contribution in [0.2, 0.25) is 0 Å². The maximum Gasteiger partial charge on any atom is 0.0575 e. The van der Waals surface area contributed by atoms with Crippen molar-refractivity contribution >= 4 is 12.6 Å². The Morgan fingerprint density at radius 2 is 2.08 bits per heavy atom. The second kappa shape index (κ2) is 5.13. The monoisotopic (exact) mass is 188 g/mol. The Labute approximate surface area is 81.3 Å². The quantitative estimate of drug-likeness (QED) is 0.653. The fourth-order valence-electron chi connectivity index (χ4n) is 1.25. The molecule has 0 aromatic heterocycles. The van der Waals surface area contributed by atoms with Crippen LogP contribution in [0.15, 0.2) is 0 Å². The highest BCUT2D eigenvalue weighted by atomic mass is 32.1. The van der Waals surface area contributed by atoms with Gasteiger partial charge in [0.15, 0.2) is 0 Å². The van der Waals surface area contributed by atoms with Crippen LogP contribution < -0.4 is 0 Å². The van der Waals surface area contributed by atoms with E-state index in [1.54, 1.807) is 0 Å². The molecule has 1 saturated carbocycles. The van der Waals surface area contributed by atoms with Crippen molar-refractivity contribution in [3.63, 3.8) is 0 Å². The molecule has 12 heavy (non-hydrogen) atoms. The molecule has 0 bridgehead atoms. The molecule has 0 aromatic carbocycles. The van der Waals surface area contributed by atoms with E-state index in [9.17, 15) is 0 Å². The zero-order chi connectivity index (χ0) is 8.97. The molecule has 1 nitrogen and oxygen atoms in total. The minimum absolute atomic E-state index is 0.575. The van der Waals surface area contributed by atoms with Gasteiger partial charge in [-0.3, -0.25) is 0 Å². The van der Waals surface area contributed by atoms with Crippen LogP contribution in [0.4, 0.5) is 0 Å². The molecule has 1 aliphatic carbocycles. The van der Waals surface area contributed by atoms with Crippen molar-refractivity contribution < 1.29 is 4.74 Å². The zero-order valence-corrected chi connectivity index (χ0v) is 9.02. The Balaban J connectivity index is 2.09. The summed E-state index contributed by atoms with van der Waals surface area (Å²) >= 11 is 4.32. The molecule has 72 valence electrons. The summed E-state index contributed by atoms with van der Waals surface area (Å²) in [6.45, 7) is 5.39. The summed E-state index contributed by atoms with van der Waals surface area (Å²) in [4.78, 5) is 0. The second-order valence-electron chi connectivity index (χ2n) is 4.07. The van der Waals surface area contributed by atoms with E-state index < -0.39 is 0 Å². The molecule has 1 aliphatic rings. The van der Waals surface area contributed by atoms with Gasteiger partial charge in [-0.2, -0.15) is 12.6 Å². The van der Waals surface area contributed by atoms with Gasteiger partial charge in [-0.25, -0.2) is 0 Å². The topological polar surface area (TPSA) is 9.23 Å². The van der Waals surface area contributed by atoms with E-state index in [0.717, 1.165) is 12.4 Å². The lowest BCUT2D eigenvalue weighted by Crippen LogP contribution is -2.27. The van der Waals surface area contributed by atoms with Crippen molar-refractivity contribution in [2.75, 3.05) is 12.4 Å². The Morgan fingerprint density at radius 1 is 1.42 bits per heavy atom. The van der Waals surface area contributed by atoms with E-state index in [1.165, 1.54) is 19.3 Å². The molecule has 0 N–H and O–H groups in total. The van der Waals surface area contributed by atoms with Crippen molar-refractivity contribution in [2.45, 2.75) is 39.2 Å². The van der Waals surface area contributed by atoms with Gasteiger partial charge in [0.05, 0.1) is 12.7 Å². The Hall–Kier alpha value is 0.310. The molecule has 2 heteroatoms. The average molecular weight is 188 g/mol. The number of hydrogen-bond acceptors (Lipinski definition) is 2. The van der Waals surface area contributed by atoms with Crippen molar-refractivity contribution in [1.29, 1.82) is 0 Å². The lowest BCUT2D eigenvalue weighted by molar-refractivity contribution is -0.0187. The van der Waals surface area contributed by atoms with Gasteiger partial charge in [0.2, 0.25) is 0 Å². The molecule has 1 rings (SSSR count). The van der Waals surface area contributed by atoms with Crippen molar-refractivity contribution in [2.24, 2.45) is 11.8 Å². The normalized spacial score (nSPS) is 21.0. The third-order valence-corrected chi connectivity index (χ3v) is 3.24. The van der Waals surface area contributed by atoms with Gasteiger partial charge in [-0.15, -0.1) is 0 Å². The Kier molecular flexibility index (Phi) is 4.44. The maximum absolute atomic E-state index is 5.74. The highest BCUT2D eigenvalue weighted by molar-refractivity contribution is 7.80. The molecule has 0 spiro atoms. The minimum Gasteiger partial charge on any atom is -0.378 e. The highest BCUT2D eigenvalue weighted by Crippen LogP contribution is 2.23. The van der Waals surface area contributed by atoms with Crippen LogP contribution in [-0.2, 0) is 4.74 Å². The first-order valence-corrected chi connectivity index (χ1v) is 5.59. The molecule has 1 atom stereocenters. The molecule has 1 fully saturated rings. The maximum atomic E-state index is 5.74. The molecule has 0 aromatic rings. The van der Waals surface area contributed by atoms with E-state index in [-0.39, 0.29) is 0 Å². The Morgan fingerprint density at radius 3 is 2.42 bits per heavy atom.